The van der Waals surface area contributed by atoms with Crippen molar-refractivity contribution in [1.82, 2.24) is 10.2 Å². The Labute approximate surface area is 78.0 Å². The van der Waals surface area contributed by atoms with Crippen LogP contribution >= 0.6 is 0 Å². The largest absolute Gasteiger partial charge is 0.396 e. The van der Waals surface area contributed by atoms with E-state index in [1.165, 1.54) is 0 Å². The predicted molar refractivity (Wildman–Crippen MR) is 51.4 cm³/mol. The van der Waals surface area contributed by atoms with E-state index in [2.05, 4.69) is 15.5 Å². The number of hydrogen-bond donors (Lipinski definition) is 2. The van der Waals surface area contributed by atoms with Gasteiger partial charge in [-0.25, -0.2) is 0 Å². The van der Waals surface area contributed by atoms with Gasteiger partial charge in [0.1, 0.15) is 5.82 Å². The number of aromatic nitrogens is 2. The molecule has 4 heteroatoms. The lowest BCUT2D eigenvalue weighted by Gasteiger charge is -2.19. The lowest BCUT2D eigenvalue weighted by Crippen LogP contribution is -2.26. The average molecular weight is 181 g/mol. The highest BCUT2D eigenvalue weighted by atomic mass is 16.3. The molecule has 13 heavy (non-hydrogen) atoms. The molecule has 2 atom stereocenters. The quantitative estimate of drug-likeness (QED) is 0.724. The molecule has 1 heterocycles. The molecule has 72 valence electrons. The third-order valence-corrected chi connectivity index (χ3v) is 2.09. The zero-order valence-corrected chi connectivity index (χ0v) is 7.94. The summed E-state index contributed by atoms with van der Waals surface area (Å²) in [7, 11) is 0. The highest BCUT2D eigenvalue weighted by Gasteiger charge is 2.10. The van der Waals surface area contributed by atoms with Gasteiger partial charge in [-0.2, -0.15) is 5.10 Å². The van der Waals surface area contributed by atoms with Gasteiger partial charge in [0.2, 0.25) is 0 Å². The Hall–Kier alpha value is -1.16. The molecule has 0 aliphatic carbocycles. The molecule has 0 aromatic carbocycles. The van der Waals surface area contributed by atoms with Crippen LogP contribution in [-0.2, 0) is 0 Å². The van der Waals surface area contributed by atoms with Gasteiger partial charge in [0, 0.05) is 18.8 Å². The molecular formula is C9H15N3O. The number of nitrogens with one attached hydrogen (secondary N) is 1. The number of aliphatic hydroxyl groups excluding tert-OH is 1. The van der Waals surface area contributed by atoms with Gasteiger partial charge in [0.15, 0.2) is 0 Å². The second-order valence-electron chi connectivity index (χ2n) is 3.20. The van der Waals surface area contributed by atoms with Crippen LogP contribution in [0.1, 0.15) is 13.8 Å². The van der Waals surface area contributed by atoms with Gasteiger partial charge < -0.3 is 10.4 Å². The molecular weight excluding hydrogens is 166 g/mol. The second-order valence-corrected chi connectivity index (χ2v) is 3.20. The van der Waals surface area contributed by atoms with Crippen molar-refractivity contribution in [3.8, 4) is 0 Å². The van der Waals surface area contributed by atoms with Crippen molar-refractivity contribution >= 4 is 5.82 Å². The molecule has 0 amide bonds. The SMILES string of the molecule is CC(CO)C(C)Nc1cccnn1. The van der Waals surface area contributed by atoms with E-state index >= 15 is 0 Å². The van der Waals surface area contributed by atoms with Crippen LogP contribution in [0.25, 0.3) is 0 Å². The Morgan fingerprint density at radius 2 is 2.31 bits per heavy atom. The molecule has 0 fully saturated rings. The van der Waals surface area contributed by atoms with E-state index in [9.17, 15) is 0 Å². The van der Waals surface area contributed by atoms with Crippen LogP contribution in [0.2, 0.25) is 0 Å². The summed E-state index contributed by atoms with van der Waals surface area (Å²) < 4.78 is 0. The van der Waals surface area contributed by atoms with Gasteiger partial charge in [-0.3, -0.25) is 0 Å². The molecule has 0 spiro atoms. The van der Waals surface area contributed by atoms with Crippen molar-refractivity contribution in [2.45, 2.75) is 19.9 Å². The maximum Gasteiger partial charge on any atom is 0.148 e. The fourth-order valence-corrected chi connectivity index (χ4v) is 0.912. The van der Waals surface area contributed by atoms with Crippen LogP contribution in [0.4, 0.5) is 5.82 Å². The maximum atomic E-state index is 8.91. The number of rotatable bonds is 4. The van der Waals surface area contributed by atoms with Gasteiger partial charge in [-0.05, 0) is 25.0 Å². The van der Waals surface area contributed by atoms with Crippen LogP contribution in [0.15, 0.2) is 18.3 Å². The first-order valence-corrected chi connectivity index (χ1v) is 4.39. The monoisotopic (exact) mass is 181 g/mol. The van der Waals surface area contributed by atoms with E-state index in [0.29, 0.717) is 0 Å². The Morgan fingerprint density at radius 3 is 2.85 bits per heavy atom. The molecule has 0 saturated carbocycles. The first-order chi connectivity index (χ1) is 6.24. The number of aliphatic hydroxyl groups is 1. The van der Waals surface area contributed by atoms with Crippen molar-refractivity contribution in [2.75, 3.05) is 11.9 Å². The molecule has 0 aliphatic rings. The number of anilines is 1. The molecule has 2 N–H and O–H groups in total. The number of hydrogen-bond acceptors (Lipinski definition) is 4. The molecule has 0 aliphatic heterocycles. The summed E-state index contributed by atoms with van der Waals surface area (Å²) >= 11 is 0. The third-order valence-electron chi connectivity index (χ3n) is 2.09. The Balaban J connectivity index is 2.50. The van der Waals surface area contributed by atoms with Crippen molar-refractivity contribution in [1.29, 1.82) is 0 Å². The molecule has 0 bridgehead atoms. The minimum Gasteiger partial charge on any atom is -0.396 e. The topological polar surface area (TPSA) is 58.0 Å². The predicted octanol–water partition coefficient (Wildman–Crippen LogP) is 0.905. The fourth-order valence-electron chi connectivity index (χ4n) is 0.912. The van der Waals surface area contributed by atoms with Gasteiger partial charge in [0.05, 0.1) is 0 Å². The van der Waals surface area contributed by atoms with Gasteiger partial charge in [-0.1, -0.05) is 6.92 Å². The molecule has 1 rings (SSSR count). The second kappa shape index (κ2) is 4.77. The lowest BCUT2D eigenvalue weighted by atomic mass is 10.1. The highest BCUT2D eigenvalue weighted by molar-refractivity contribution is 5.32. The molecule has 1 aromatic rings. The molecule has 0 saturated heterocycles. The summed E-state index contributed by atoms with van der Waals surface area (Å²) in [4.78, 5) is 0. The zero-order chi connectivity index (χ0) is 9.68. The molecule has 0 radical (unpaired) electrons. The van der Waals surface area contributed by atoms with Crippen molar-refractivity contribution < 1.29 is 5.11 Å². The minimum absolute atomic E-state index is 0.175. The van der Waals surface area contributed by atoms with E-state index in [1.807, 2.05) is 26.0 Å². The smallest absolute Gasteiger partial charge is 0.148 e. The Bertz CT molecular complexity index is 240. The fraction of sp³-hybridized carbons (Fsp3) is 0.556. The van der Waals surface area contributed by atoms with E-state index in [0.717, 1.165) is 5.82 Å². The minimum atomic E-state index is 0.175. The molecule has 4 nitrogen and oxygen atoms in total. The van der Waals surface area contributed by atoms with Crippen LogP contribution in [0.5, 0.6) is 0 Å². The summed E-state index contributed by atoms with van der Waals surface area (Å²) in [5.41, 5.74) is 0. The van der Waals surface area contributed by atoms with Crippen molar-refractivity contribution in [3.05, 3.63) is 18.3 Å². The third kappa shape index (κ3) is 2.99. The molecule has 2 unspecified atom stereocenters. The Morgan fingerprint density at radius 1 is 1.54 bits per heavy atom. The van der Waals surface area contributed by atoms with Crippen LogP contribution in [0, 0.1) is 5.92 Å². The standard InChI is InChI=1S/C9H15N3O/c1-7(6-13)8(2)11-9-4-3-5-10-12-9/h3-5,7-8,13H,6H2,1-2H3,(H,11,12). The highest BCUT2D eigenvalue weighted by Crippen LogP contribution is 2.07. The summed E-state index contributed by atoms with van der Waals surface area (Å²) in [5, 5.41) is 19.7. The normalized spacial score (nSPS) is 15.0. The van der Waals surface area contributed by atoms with Gasteiger partial charge in [-0.15, -0.1) is 5.10 Å². The zero-order valence-electron chi connectivity index (χ0n) is 7.94. The Kier molecular flexibility index (Phi) is 3.64. The molecule has 1 aromatic heterocycles. The first-order valence-electron chi connectivity index (χ1n) is 4.39. The maximum absolute atomic E-state index is 8.91. The first kappa shape index (κ1) is 9.92. The van der Waals surface area contributed by atoms with Gasteiger partial charge >= 0.3 is 0 Å². The number of nitrogens with zero attached hydrogens (tertiary/aromatic N) is 2. The average Bonchev–Trinajstić information content (AvgIpc) is 2.18. The van der Waals surface area contributed by atoms with Crippen molar-refractivity contribution in [3.63, 3.8) is 0 Å². The van der Waals surface area contributed by atoms with Crippen LogP contribution in [0.3, 0.4) is 0 Å². The van der Waals surface area contributed by atoms with E-state index in [-0.39, 0.29) is 18.6 Å². The summed E-state index contributed by atoms with van der Waals surface area (Å²) in [6, 6.07) is 3.88. The van der Waals surface area contributed by atoms with Gasteiger partial charge in [0.25, 0.3) is 0 Å². The summed E-state index contributed by atoms with van der Waals surface area (Å²) in [6.45, 7) is 4.16. The van der Waals surface area contributed by atoms with E-state index in [4.69, 9.17) is 5.11 Å². The van der Waals surface area contributed by atoms with Crippen LogP contribution in [-0.4, -0.2) is 28.0 Å². The van der Waals surface area contributed by atoms with Crippen molar-refractivity contribution in [2.24, 2.45) is 5.92 Å². The summed E-state index contributed by atoms with van der Waals surface area (Å²) in [5.74, 6) is 0.956. The lowest BCUT2D eigenvalue weighted by molar-refractivity contribution is 0.226. The van der Waals surface area contributed by atoms with E-state index in [1.54, 1.807) is 6.20 Å². The van der Waals surface area contributed by atoms with Crippen LogP contribution < -0.4 is 5.32 Å². The summed E-state index contributed by atoms with van der Waals surface area (Å²) in [6.07, 6.45) is 1.63. The van der Waals surface area contributed by atoms with E-state index < -0.39 is 0 Å².